The van der Waals surface area contributed by atoms with Crippen LogP contribution in [0, 0.1) is 17.8 Å². The van der Waals surface area contributed by atoms with Crippen LogP contribution in [-0.2, 0) is 24.4 Å². The van der Waals surface area contributed by atoms with Crippen molar-refractivity contribution in [3.63, 3.8) is 0 Å². The zero-order chi connectivity index (χ0) is 19.2. The summed E-state index contributed by atoms with van der Waals surface area (Å²) in [7, 11) is -6.50. The Bertz CT molecular complexity index is 658. The summed E-state index contributed by atoms with van der Waals surface area (Å²) in [6.45, 7) is 0. The third-order valence-electron chi connectivity index (χ3n) is 4.67. The number of hydrogen-bond donors (Lipinski definition) is 1. The molecule has 0 aromatic carbocycles. The van der Waals surface area contributed by atoms with E-state index >= 15 is 0 Å². The number of carbonyl (C=O) groups is 2. The maximum atomic E-state index is 13.3. The monoisotopic (exact) mass is 394 g/mol. The first-order chi connectivity index (χ1) is 11.2. The van der Waals surface area contributed by atoms with Crippen LogP contribution in [0.15, 0.2) is 0 Å². The molecule has 2 saturated carbocycles. The number of ketones is 1. The third-order valence-corrected chi connectivity index (χ3v) is 5.57. The van der Waals surface area contributed by atoms with Gasteiger partial charge in [0, 0.05) is 5.92 Å². The summed E-state index contributed by atoms with van der Waals surface area (Å²) in [6, 6.07) is 0. The van der Waals surface area contributed by atoms with Crippen molar-refractivity contribution in [2.75, 3.05) is 0 Å². The maximum absolute atomic E-state index is 13.3. The fourth-order valence-corrected chi connectivity index (χ4v) is 4.00. The predicted octanol–water partition coefficient (Wildman–Crippen LogP) is 2.34. The predicted molar refractivity (Wildman–Crippen MR) is 71.0 cm³/mol. The highest BCUT2D eigenvalue weighted by Crippen LogP contribution is 2.49. The zero-order valence-corrected chi connectivity index (χ0v) is 13.4. The largest absolute Gasteiger partial charge is 0.444 e. The molecule has 0 aromatic heterocycles. The first-order valence-corrected chi connectivity index (χ1v) is 8.81. The lowest BCUT2D eigenvalue weighted by Gasteiger charge is -2.26. The number of carbonyl (C=O) groups excluding carboxylic acids is 2. The molecule has 2 rings (SSSR count). The van der Waals surface area contributed by atoms with E-state index in [9.17, 15) is 40.0 Å². The summed E-state index contributed by atoms with van der Waals surface area (Å²) in [5.41, 5.74) is 0. The van der Waals surface area contributed by atoms with Gasteiger partial charge in [0.05, 0.1) is 0 Å². The number of alkyl halides is 5. The van der Waals surface area contributed by atoms with E-state index in [2.05, 4.69) is 4.74 Å². The van der Waals surface area contributed by atoms with Gasteiger partial charge in [0.25, 0.3) is 6.10 Å². The molecule has 12 heteroatoms. The Kier molecular flexibility index (Phi) is 5.17. The molecule has 25 heavy (non-hydrogen) atoms. The van der Waals surface area contributed by atoms with Gasteiger partial charge in [-0.05, 0) is 31.1 Å². The molecular formula is C13H15F5O6S. The van der Waals surface area contributed by atoms with Crippen LogP contribution in [0.4, 0.5) is 22.0 Å². The molecule has 4 unspecified atom stereocenters. The van der Waals surface area contributed by atoms with Crippen molar-refractivity contribution in [3.8, 4) is 0 Å². The first-order valence-electron chi connectivity index (χ1n) is 7.37. The second kappa shape index (κ2) is 6.45. The summed E-state index contributed by atoms with van der Waals surface area (Å²) in [4.78, 5) is 23.5. The number of fused-ring (bicyclic) bond motifs is 2. The SMILES string of the molecule is O=C(CC(=O)C1CC2CCC1C2)OC(C(F)(F)F)C(F)(F)S(=O)(=O)O. The van der Waals surface area contributed by atoms with E-state index in [1.807, 2.05) is 0 Å². The molecule has 0 aliphatic heterocycles. The normalized spacial score (nSPS) is 28.0. The topological polar surface area (TPSA) is 97.7 Å². The number of halogens is 5. The second-order valence-corrected chi connectivity index (χ2v) is 7.87. The molecule has 144 valence electrons. The fourth-order valence-electron chi connectivity index (χ4n) is 3.55. The molecule has 0 heterocycles. The molecule has 2 fully saturated rings. The third kappa shape index (κ3) is 4.10. The van der Waals surface area contributed by atoms with E-state index in [1.165, 1.54) is 0 Å². The lowest BCUT2D eigenvalue weighted by Crippen LogP contribution is -2.52. The average Bonchev–Trinajstić information content (AvgIpc) is 3.04. The number of Topliss-reactive ketones (excluding diaryl/α,β-unsaturated/α-hetero) is 1. The Labute approximate surface area is 139 Å². The molecule has 0 aromatic rings. The van der Waals surface area contributed by atoms with Crippen molar-refractivity contribution in [2.24, 2.45) is 17.8 Å². The van der Waals surface area contributed by atoms with Gasteiger partial charge in [-0.15, -0.1) is 0 Å². The van der Waals surface area contributed by atoms with Gasteiger partial charge in [0.2, 0.25) is 0 Å². The Morgan fingerprint density at radius 1 is 1.12 bits per heavy atom. The minimum Gasteiger partial charge on any atom is -0.444 e. The van der Waals surface area contributed by atoms with Crippen LogP contribution < -0.4 is 0 Å². The van der Waals surface area contributed by atoms with Gasteiger partial charge in [-0.3, -0.25) is 14.1 Å². The summed E-state index contributed by atoms with van der Waals surface area (Å²) < 4.78 is 97.3. The summed E-state index contributed by atoms with van der Waals surface area (Å²) >= 11 is 0. The van der Waals surface area contributed by atoms with Gasteiger partial charge in [0.1, 0.15) is 12.2 Å². The molecule has 6 nitrogen and oxygen atoms in total. The van der Waals surface area contributed by atoms with Crippen molar-refractivity contribution in [1.82, 2.24) is 0 Å². The summed E-state index contributed by atoms with van der Waals surface area (Å²) in [5.74, 6) is -2.84. The second-order valence-electron chi connectivity index (χ2n) is 6.37. The number of esters is 1. The van der Waals surface area contributed by atoms with E-state index in [4.69, 9.17) is 4.55 Å². The number of rotatable bonds is 6. The van der Waals surface area contributed by atoms with Crippen LogP contribution in [0.2, 0.25) is 0 Å². The Hall–Kier alpha value is -1.30. The summed E-state index contributed by atoms with van der Waals surface area (Å²) in [5, 5.41) is -5.80. The summed E-state index contributed by atoms with van der Waals surface area (Å²) in [6.07, 6.45) is -8.60. The van der Waals surface area contributed by atoms with Crippen molar-refractivity contribution >= 4 is 21.9 Å². The maximum Gasteiger partial charge on any atom is 0.432 e. The van der Waals surface area contributed by atoms with Gasteiger partial charge in [0.15, 0.2) is 0 Å². The fraction of sp³-hybridized carbons (Fsp3) is 0.846. The van der Waals surface area contributed by atoms with Crippen LogP contribution in [0.5, 0.6) is 0 Å². The molecular weight excluding hydrogens is 379 g/mol. The minimum atomic E-state index is -6.50. The van der Waals surface area contributed by atoms with Crippen molar-refractivity contribution in [2.45, 2.75) is 49.6 Å². The molecule has 2 bridgehead atoms. The Morgan fingerprint density at radius 2 is 1.72 bits per heavy atom. The van der Waals surface area contributed by atoms with E-state index < -0.39 is 51.7 Å². The standard InChI is InChI=1S/C13H15F5O6S/c14-12(15,16)11(13(17,18)25(21,22)23)24-10(20)5-9(19)8-4-6-1-2-7(8)3-6/h6-8,11H,1-5H2,(H,21,22,23). The lowest BCUT2D eigenvalue weighted by molar-refractivity contribution is -0.259. The van der Waals surface area contributed by atoms with Gasteiger partial charge in [-0.2, -0.15) is 30.4 Å². The van der Waals surface area contributed by atoms with E-state index in [1.54, 1.807) is 0 Å². The molecule has 4 atom stereocenters. The van der Waals surface area contributed by atoms with Crippen LogP contribution in [0.3, 0.4) is 0 Å². The van der Waals surface area contributed by atoms with Gasteiger partial charge < -0.3 is 4.74 Å². The average molecular weight is 394 g/mol. The Balaban J connectivity index is 2.06. The molecule has 0 saturated heterocycles. The first kappa shape index (κ1) is 20.0. The number of ether oxygens (including phenoxy) is 1. The van der Waals surface area contributed by atoms with Gasteiger partial charge >= 0.3 is 27.5 Å². The van der Waals surface area contributed by atoms with Crippen molar-refractivity contribution in [3.05, 3.63) is 0 Å². The quantitative estimate of drug-likeness (QED) is 0.321. The van der Waals surface area contributed by atoms with E-state index in [-0.39, 0.29) is 5.92 Å². The molecule has 2 aliphatic carbocycles. The van der Waals surface area contributed by atoms with Crippen molar-refractivity contribution in [1.29, 1.82) is 0 Å². The van der Waals surface area contributed by atoms with E-state index in [0.717, 1.165) is 19.3 Å². The van der Waals surface area contributed by atoms with Crippen LogP contribution >= 0.6 is 0 Å². The van der Waals surface area contributed by atoms with Gasteiger partial charge in [-0.25, -0.2) is 0 Å². The molecule has 0 amide bonds. The molecule has 1 N–H and O–H groups in total. The van der Waals surface area contributed by atoms with Crippen LogP contribution in [-0.4, -0.2) is 42.3 Å². The highest BCUT2D eigenvalue weighted by atomic mass is 32.2. The highest BCUT2D eigenvalue weighted by molar-refractivity contribution is 7.86. The molecule has 0 spiro atoms. The smallest absolute Gasteiger partial charge is 0.432 e. The number of hydrogen-bond acceptors (Lipinski definition) is 5. The molecule has 0 radical (unpaired) electrons. The van der Waals surface area contributed by atoms with Crippen LogP contribution in [0.1, 0.15) is 32.1 Å². The Morgan fingerprint density at radius 3 is 2.12 bits per heavy atom. The minimum absolute atomic E-state index is 0.0166. The lowest BCUT2D eigenvalue weighted by atomic mass is 9.84. The zero-order valence-electron chi connectivity index (χ0n) is 12.6. The highest BCUT2D eigenvalue weighted by Gasteiger charge is 2.66. The van der Waals surface area contributed by atoms with Crippen LogP contribution in [0.25, 0.3) is 0 Å². The van der Waals surface area contributed by atoms with E-state index in [0.29, 0.717) is 12.3 Å². The van der Waals surface area contributed by atoms with Crippen molar-refractivity contribution < 1.29 is 49.2 Å². The molecule has 2 aliphatic rings. The van der Waals surface area contributed by atoms with Gasteiger partial charge in [-0.1, -0.05) is 6.42 Å².